The van der Waals surface area contributed by atoms with Crippen molar-refractivity contribution in [2.45, 2.75) is 44.9 Å². The standard InChI is InChI=1S/C15H22N2OS/c1-9(18)14-13(16)12(11-6-7-11)15(19-14)17(2)8-10-4-3-5-10/h10-11H,3-8,16H2,1-2H3. The first-order valence-corrected chi connectivity index (χ1v) is 8.03. The van der Waals surface area contributed by atoms with Gasteiger partial charge in [0.05, 0.1) is 15.6 Å². The van der Waals surface area contributed by atoms with Crippen molar-refractivity contribution in [3.8, 4) is 0 Å². The Morgan fingerprint density at radius 3 is 2.53 bits per heavy atom. The lowest BCUT2D eigenvalue weighted by molar-refractivity contribution is 0.102. The van der Waals surface area contributed by atoms with Crippen molar-refractivity contribution in [3.05, 3.63) is 10.4 Å². The van der Waals surface area contributed by atoms with Gasteiger partial charge in [-0.2, -0.15) is 0 Å². The number of carbonyl (C=O) groups excluding carboxylic acids is 1. The van der Waals surface area contributed by atoms with Crippen LogP contribution in [0.4, 0.5) is 10.7 Å². The van der Waals surface area contributed by atoms with E-state index < -0.39 is 0 Å². The topological polar surface area (TPSA) is 46.3 Å². The summed E-state index contributed by atoms with van der Waals surface area (Å²) in [6.07, 6.45) is 6.53. The number of hydrogen-bond acceptors (Lipinski definition) is 4. The Morgan fingerprint density at radius 1 is 1.37 bits per heavy atom. The van der Waals surface area contributed by atoms with E-state index >= 15 is 0 Å². The molecule has 1 aromatic heterocycles. The van der Waals surface area contributed by atoms with Crippen LogP contribution in [0.5, 0.6) is 0 Å². The lowest BCUT2D eigenvalue weighted by Gasteiger charge is -2.31. The molecule has 0 aliphatic heterocycles. The van der Waals surface area contributed by atoms with E-state index in [1.54, 1.807) is 18.3 Å². The molecule has 0 amide bonds. The third-order valence-corrected chi connectivity index (χ3v) is 5.81. The average Bonchev–Trinajstić information content (AvgIpc) is 3.07. The highest BCUT2D eigenvalue weighted by Crippen LogP contribution is 2.52. The molecule has 2 aliphatic rings. The summed E-state index contributed by atoms with van der Waals surface area (Å²) in [5, 5.41) is 1.25. The lowest BCUT2D eigenvalue weighted by atomic mass is 9.85. The summed E-state index contributed by atoms with van der Waals surface area (Å²) in [5.41, 5.74) is 8.24. The predicted molar refractivity (Wildman–Crippen MR) is 81.3 cm³/mol. The number of Topliss-reactive ketones (excluding diaryl/α,β-unsaturated/α-hetero) is 1. The molecule has 1 aromatic rings. The van der Waals surface area contributed by atoms with Crippen LogP contribution in [-0.2, 0) is 0 Å². The molecule has 19 heavy (non-hydrogen) atoms. The van der Waals surface area contributed by atoms with Crippen LogP contribution >= 0.6 is 11.3 Å². The average molecular weight is 278 g/mol. The minimum absolute atomic E-state index is 0.104. The molecule has 2 saturated carbocycles. The van der Waals surface area contributed by atoms with Crippen LogP contribution in [0, 0.1) is 5.92 Å². The molecule has 2 N–H and O–H groups in total. The maximum Gasteiger partial charge on any atom is 0.171 e. The first kappa shape index (κ1) is 13.0. The number of anilines is 2. The quantitative estimate of drug-likeness (QED) is 0.836. The molecule has 1 heterocycles. The Labute approximate surface area is 118 Å². The first-order chi connectivity index (χ1) is 9.08. The zero-order chi connectivity index (χ0) is 13.6. The molecule has 3 rings (SSSR count). The third kappa shape index (κ3) is 2.38. The number of nitrogens with two attached hydrogens (primary N) is 1. The maximum absolute atomic E-state index is 11.7. The van der Waals surface area contributed by atoms with Crippen molar-refractivity contribution in [1.82, 2.24) is 0 Å². The molecule has 0 saturated heterocycles. The molecule has 104 valence electrons. The van der Waals surface area contributed by atoms with Crippen molar-refractivity contribution in [3.63, 3.8) is 0 Å². The summed E-state index contributed by atoms with van der Waals surface area (Å²) in [7, 11) is 2.15. The summed E-state index contributed by atoms with van der Waals surface area (Å²) in [4.78, 5) is 14.8. The molecule has 0 atom stereocenters. The minimum Gasteiger partial charge on any atom is -0.397 e. The Kier molecular flexibility index (Phi) is 3.29. The normalized spacial score (nSPS) is 19.3. The number of carbonyl (C=O) groups is 1. The van der Waals surface area contributed by atoms with E-state index in [0.717, 1.165) is 23.0 Å². The fraction of sp³-hybridized carbons (Fsp3) is 0.667. The van der Waals surface area contributed by atoms with Gasteiger partial charge in [-0.25, -0.2) is 0 Å². The van der Waals surface area contributed by atoms with Gasteiger partial charge >= 0.3 is 0 Å². The monoisotopic (exact) mass is 278 g/mol. The molecule has 2 fully saturated rings. The second kappa shape index (κ2) is 4.82. The zero-order valence-electron chi connectivity index (χ0n) is 11.7. The Morgan fingerprint density at radius 2 is 2.05 bits per heavy atom. The molecule has 0 aromatic carbocycles. The molecule has 0 radical (unpaired) electrons. The van der Waals surface area contributed by atoms with E-state index in [-0.39, 0.29) is 5.78 Å². The highest BCUT2D eigenvalue weighted by atomic mass is 32.1. The van der Waals surface area contributed by atoms with E-state index in [1.807, 2.05) is 0 Å². The Bertz CT molecular complexity index is 500. The van der Waals surface area contributed by atoms with Gasteiger partial charge in [0.25, 0.3) is 0 Å². The molecule has 3 nitrogen and oxygen atoms in total. The summed E-state index contributed by atoms with van der Waals surface area (Å²) >= 11 is 1.60. The van der Waals surface area contributed by atoms with Crippen molar-refractivity contribution in [2.75, 3.05) is 24.2 Å². The summed E-state index contributed by atoms with van der Waals surface area (Å²) in [6, 6.07) is 0. The van der Waals surface area contributed by atoms with E-state index in [1.165, 1.54) is 42.7 Å². The van der Waals surface area contributed by atoms with Crippen LogP contribution in [0.3, 0.4) is 0 Å². The fourth-order valence-corrected chi connectivity index (χ4v) is 4.08. The second-order valence-corrected chi connectivity index (χ2v) is 7.07. The van der Waals surface area contributed by atoms with Crippen molar-refractivity contribution in [1.29, 1.82) is 0 Å². The highest BCUT2D eigenvalue weighted by molar-refractivity contribution is 7.18. The Hall–Kier alpha value is -1.03. The van der Waals surface area contributed by atoms with E-state index in [2.05, 4.69) is 11.9 Å². The summed E-state index contributed by atoms with van der Waals surface area (Å²) in [5.74, 6) is 1.54. The summed E-state index contributed by atoms with van der Waals surface area (Å²) < 4.78 is 0. The van der Waals surface area contributed by atoms with Gasteiger partial charge < -0.3 is 10.6 Å². The molecule has 2 aliphatic carbocycles. The third-order valence-electron chi connectivity index (χ3n) is 4.37. The van der Waals surface area contributed by atoms with Crippen molar-refractivity contribution in [2.24, 2.45) is 5.92 Å². The SMILES string of the molecule is CC(=O)c1sc(N(C)CC2CCC2)c(C2CC2)c1N. The van der Waals surface area contributed by atoms with Gasteiger partial charge in [0.1, 0.15) is 0 Å². The number of thiophene rings is 1. The number of nitrogen functional groups attached to an aromatic ring is 1. The lowest BCUT2D eigenvalue weighted by Crippen LogP contribution is -2.29. The molecular weight excluding hydrogens is 256 g/mol. The number of nitrogens with zero attached hydrogens (tertiary/aromatic N) is 1. The minimum atomic E-state index is 0.104. The van der Waals surface area contributed by atoms with Gasteiger partial charge in [-0.1, -0.05) is 6.42 Å². The van der Waals surface area contributed by atoms with Crippen molar-refractivity contribution < 1.29 is 4.79 Å². The first-order valence-electron chi connectivity index (χ1n) is 7.22. The van der Waals surface area contributed by atoms with E-state index in [0.29, 0.717) is 5.92 Å². The van der Waals surface area contributed by atoms with Crippen LogP contribution in [-0.4, -0.2) is 19.4 Å². The maximum atomic E-state index is 11.7. The van der Waals surface area contributed by atoms with Crippen LogP contribution in [0.2, 0.25) is 0 Å². The largest absolute Gasteiger partial charge is 0.397 e. The van der Waals surface area contributed by atoms with Crippen LogP contribution in [0.15, 0.2) is 0 Å². The van der Waals surface area contributed by atoms with Gasteiger partial charge in [-0.3, -0.25) is 4.79 Å². The number of hydrogen-bond donors (Lipinski definition) is 1. The molecular formula is C15H22N2OS. The van der Waals surface area contributed by atoms with Gasteiger partial charge in [-0.15, -0.1) is 11.3 Å². The van der Waals surface area contributed by atoms with E-state index in [4.69, 9.17) is 5.73 Å². The Balaban J connectivity index is 1.89. The van der Waals surface area contributed by atoms with Gasteiger partial charge in [0.15, 0.2) is 5.78 Å². The predicted octanol–water partition coefficient (Wildman–Crippen LogP) is 3.65. The highest BCUT2D eigenvalue weighted by Gasteiger charge is 2.34. The summed E-state index contributed by atoms with van der Waals surface area (Å²) in [6.45, 7) is 2.73. The van der Waals surface area contributed by atoms with Crippen molar-refractivity contribution >= 4 is 27.8 Å². The second-order valence-electron chi connectivity index (χ2n) is 6.07. The van der Waals surface area contributed by atoms with Crippen LogP contribution < -0.4 is 10.6 Å². The zero-order valence-corrected chi connectivity index (χ0v) is 12.6. The number of ketones is 1. The fourth-order valence-electron chi connectivity index (χ4n) is 2.90. The van der Waals surface area contributed by atoms with Crippen LogP contribution in [0.1, 0.15) is 60.2 Å². The van der Waals surface area contributed by atoms with Gasteiger partial charge in [0.2, 0.25) is 0 Å². The smallest absolute Gasteiger partial charge is 0.171 e. The van der Waals surface area contributed by atoms with Gasteiger partial charge in [0, 0.05) is 26.1 Å². The van der Waals surface area contributed by atoms with E-state index in [9.17, 15) is 4.79 Å². The molecule has 0 unspecified atom stereocenters. The number of rotatable bonds is 5. The molecule has 0 bridgehead atoms. The van der Waals surface area contributed by atoms with Gasteiger partial charge in [-0.05, 0) is 37.5 Å². The molecule has 4 heteroatoms. The van der Waals surface area contributed by atoms with Crippen LogP contribution in [0.25, 0.3) is 0 Å². The molecule has 0 spiro atoms.